The van der Waals surface area contributed by atoms with Crippen molar-refractivity contribution in [2.75, 3.05) is 20.2 Å². The van der Waals surface area contributed by atoms with Crippen molar-refractivity contribution in [2.45, 2.75) is 51.5 Å². The number of piperidine rings is 1. The van der Waals surface area contributed by atoms with Crippen molar-refractivity contribution in [1.29, 1.82) is 0 Å². The number of benzene rings is 1. The first-order valence-corrected chi connectivity index (χ1v) is 10.0. The van der Waals surface area contributed by atoms with Crippen LogP contribution >= 0.6 is 0 Å². The van der Waals surface area contributed by atoms with Crippen molar-refractivity contribution in [2.24, 2.45) is 5.92 Å². The van der Waals surface area contributed by atoms with E-state index in [1.165, 1.54) is 17.1 Å². The Labute approximate surface area is 176 Å². The predicted molar refractivity (Wildman–Crippen MR) is 107 cm³/mol. The molecule has 3 rings (SSSR count). The largest absolute Gasteiger partial charge is 0.467 e. The summed E-state index contributed by atoms with van der Waals surface area (Å²) in [4.78, 5) is 44.7. The maximum atomic E-state index is 12.9. The quantitative estimate of drug-likeness (QED) is 0.711. The van der Waals surface area contributed by atoms with E-state index < -0.39 is 23.7 Å². The molecule has 0 unspecified atom stereocenters. The van der Waals surface area contributed by atoms with E-state index in [1.54, 1.807) is 20.8 Å². The third kappa shape index (κ3) is 5.02. The summed E-state index contributed by atoms with van der Waals surface area (Å²) in [5.74, 6) is -0.833. The molecule has 9 heteroatoms. The molecular weight excluding hydrogens is 390 g/mol. The number of fused-ring (bicyclic) bond motifs is 2. The van der Waals surface area contributed by atoms with Gasteiger partial charge in [-0.1, -0.05) is 30.3 Å². The van der Waals surface area contributed by atoms with Gasteiger partial charge in [0, 0.05) is 19.0 Å². The van der Waals surface area contributed by atoms with Crippen molar-refractivity contribution in [3.8, 4) is 0 Å². The fourth-order valence-electron chi connectivity index (χ4n) is 3.84. The van der Waals surface area contributed by atoms with Crippen LogP contribution in [0.1, 0.15) is 32.8 Å². The summed E-state index contributed by atoms with van der Waals surface area (Å²) in [6.45, 7) is 6.13. The molecule has 0 aliphatic carbocycles. The zero-order valence-electron chi connectivity index (χ0n) is 17.8. The molecule has 0 radical (unpaired) electrons. The molecule has 30 heavy (non-hydrogen) atoms. The van der Waals surface area contributed by atoms with Crippen LogP contribution in [-0.2, 0) is 25.7 Å². The summed E-state index contributed by atoms with van der Waals surface area (Å²) in [6, 6.07) is 8.16. The Morgan fingerprint density at radius 2 is 1.90 bits per heavy atom. The second-order valence-corrected chi connectivity index (χ2v) is 8.52. The Kier molecular flexibility index (Phi) is 6.50. The molecule has 2 fully saturated rings. The first kappa shape index (κ1) is 21.9. The second kappa shape index (κ2) is 8.91. The Hall–Kier alpha value is -2.81. The number of rotatable bonds is 6. The molecule has 164 valence electrons. The van der Waals surface area contributed by atoms with Crippen molar-refractivity contribution >= 4 is 18.1 Å². The maximum Gasteiger partial charge on any atom is 0.407 e. The van der Waals surface area contributed by atoms with E-state index >= 15 is 0 Å². The maximum absolute atomic E-state index is 12.9. The number of esters is 1. The van der Waals surface area contributed by atoms with Crippen molar-refractivity contribution in [3.63, 3.8) is 0 Å². The number of hydrogen-bond acceptors (Lipinski definition) is 6. The average Bonchev–Trinajstić information content (AvgIpc) is 2.94. The Bertz CT molecular complexity index is 779. The molecule has 2 aliphatic heterocycles. The van der Waals surface area contributed by atoms with Gasteiger partial charge in [-0.2, -0.15) is 5.06 Å². The van der Waals surface area contributed by atoms with Gasteiger partial charge in [0.15, 0.2) is 0 Å². The molecule has 2 heterocycles. The van der Waals surface area contributed by atoms with Gasteiger partial charge in [0.05, 0.1) is 13.2 Å². The first-order chi connectivity index (χ1) is 14.2. The van der Waals surface area contributed by atoms with Gasteiger partial charge in [0.1, 0.15) is 18.2 Å². The number of nitrogens with zero attached hydrogens (tertiary/aromatic N) is 2. The molecule has 3 amide bonds. The van der Waals surface area contributed by atoms with Crippen LogP contribution in [0.2, 0.25) is 0 Å². The Balaban J connectivity index is 1.68. The van der Waals surface area contributed by atoms with E-state index in [-0.39, 0.29) is 31.1 Å². The second-order valence-electron chi connectivity index (χ2n) is 8.52. The van der Waals surface area contributed by atoms with Gasteiger partial charge in [0.2, 0.25) is 0 Å². The highest BCUT2D eigenvalue weighted by atomic mass is 16.7. The smallest absolute Gasteiger partial charge is 0.407 e. The molecule has 1 aromatic carbocycles. The molecule has 0 aromatic heterocycles. The molecule has 2 saturated heterocycles. The number of hydroxylamine groups is 2. The highest BCUT2D eigenvalue weighted by Crippen LogP contribution is 2.34. The van der Waals surface area contributed by atoms with E-state index in [1.807, 2.05) is 30.3 Å². The lowest BCUT2D eigenvalue weighted by Gasteiger charge is -2.35. The molecular formula is C21H29N3O6. The van der Waals surface area contributed by atoms with Gasteiger partial charge in [-0.15, -0.1) is 0 Å². The SMILES string of the molecule is COC(=O)[C@H]1[C@@H](CNC(=O)OC(C)(C)C)C[C@@H]2CN1C(=O)N2OCc1ccccc1. The van der Waals surface area contributed by atoms with Crippen LogP contribution in [-0.4, -0.2) is 65.9 Å². The monoisotopic (exact) mass is 419 g/mol. The molecule has 1 N–H and O–H groups in total. The highest BCUT2D eigenvalue weighted by molar-refractivity contribution is 5.86. The third-order valence-electron chi connectivity index (χ3n) is 5.09. The summed E-state index contributed by atoms with van der Waals surface area (Å²) in [5.41, 5.74) is 0.313. The lowest BCUT2D eigenvalue weighted by atomic mass is 9.88. The summed E-state index contributed by atoms with van der Waals surface area (Å²) < 4.78 is 10.2. The number of carbonyl (C=O) groups is 3. The van der Waals surface area contributed by atoms with Crippen LogP contribution in [0.5, 0.6) is 0 Å². The minimum atomic E-state index is -0.793. The number of ether oxygens (including phenoxy) is 2. The molecule has 2 aliphatic rings. The lowest BCUT2D eigenvalue weighted by molar-refractivity contribution is -0.149. The number of nitrogens with one attached hydrogen (secondary N) is 1. The fraction of sp³-hybridized carbons (Fsp3) is 0.571. The van der Waals surface area contributed by atoms with Gasteiger partial charge in [-0.3, -0.25) is 4.84 Å². The summed E-state index contributed by atoms with van der Waals surface area (Å²) in [5, 5.41) is 4.05. The molecule has 0 saturated carbocycles. The number of methoxy groups -OCH3 is 1. The first-order valence-electron chi connectivity index (χ1n) is 10.0. The number of alkyl carbamates (subject to hydrolysis) is 1. The Morgan fingerprint density at radius 1 is 1.20 bits per heavy atom. The highest BCUT2D eigenvalue weighted by Gasteiger charge is 2.52. The zero-order chi connectivity index (χ0) is 21.9. The summed E-state index contributed by atoms with van der Waals surface area (Å²) in [6.07, 6.45) is -0.0744. The minimum absolute atomic E-state index is 0.182. The topological polar surface area (TPSA) is 97.4 Å². The number of hydrogen-bond donors (Lipinski definition) is 1. The van der Waals surface area contributed by atoms with Crippen LogP contribution in [0.4, 0.5) is 9.59 Å². The van der Waals surface area contributed by atoms with E-state index in [0.717, 1.165) is 5.56 Å². The van der Waals surface area contributed by atoms with Gasteiger partial charge in [0.25, 0.3) is 0 Å². The zero-order valence-corrected chi connectivity index (χ0v) is 17.8. The summed E-state index contributed by atoms with van der Waals surface area (Å²) in [7, 11) is 1.29. The third-order valence-corrected chi connectivity index (χ3v) is 5.09. The molecule has 9 nitrogen and oxygen atoms in total. The Morgan fingerprint density at radius 3 is 2.53 bits per heavy atom. The normalized spacial score (nSPS) is 23.3. The molecule has 0 spiro atoms. The van der Waals surface area contributed by atoms with E-state index in [2.05, 4.69) is 5.32 Å². The van der Waals surface area contributed by atoms with Crippen molar-refractivity contribution in [3.05, 3.63) is 35.9 Å². The predicted octanol–water partition coefficient (Wildman–Crippen LogP) is 2.31. The average molecular weight is 419 g/mol. The fourth-order valence-corrected chi connectivity index (χ4v) is 3.84. The minimum Gasteiger partial charge on any atom is -0.467 e. The van der Waals surface area contributed by atoms with Crippen LogP contribution in [0.3, 0.4) is 0 Å². The van der Waals surface area contributed by atoms with Gasteiger partial charge < -0.3 is 19.7 Å². The standard InChI is InChI=1S/C21H29N3O6/c1-21(2,3)30-19(26)22-11-15-10-16-12-23(17(15)18(25)28-4)20(27)24(16)29-13-14-8-6-5-7-9-14/h5-9,15-17H,10-13H2,1-4H3,(H,22,26)/t15-,16-,17-/m1/s1. The number of carbonyl (C=O) groups excluding carboxylic acids is 3. The summed E-state index contributed by atoms with van der Waals surface area (Å²) >= 11 is 0. The lowest BCUT2D eigenvalue weighted by Crippen LogP contribution is -2.54. The van der Waals surface area contributed by atoms with Crippen molar-refractivity contribution in [1.82, 2.24) is 15.3 Å². The molecule has 2 bridgehead atoms. The van der Waals surface area contributed by atoms with E-state index in [0.29, 0.717) is 13.0 Å². The van der Waals surface area contributed by atoms with E-state index in [9.17, 15) is 14.4 Å². The van der Waals surface area contributed by atoms with Crippen LogP contribution in [0, 0.1) is 5.92 Å². The molecule has 1 aromatic rings. The van der Waals surface area contributed by atoms with Gasteiger partial charge in [-0.05, 0) is 32.8 Å². The molecule has 3 atom stereocenters. The number of urea groups is 1. The van der Waals surface area contributed by atoms with Crippen molar-refractivity contribution < 1.29 is 28.7 Å². The van der Waals surface area contributed by atoms with E-state index in [4.69, 9.17) is 14.3 Å². The van der Waals surface area contributed by atoms with Gasteiger partial charge >= 0.3 is 18.1 Å². The van der Waals surface area contributed by atoms with Crippen LogP contribution in [0.15, 0.2) is 30.3 Å². The number of amides is 3. The van der Waals surface area contributed by atoms with Gasteiger partial charge in [-0.25, -0.2) is 14.4 Å². The van der Waals surface area contributed by atoms with Crippen LogP contribution in [0.25, 0.3) is 0 Å². The van der Waals surface area contributed by atoms with Crippen LogP contribution < -0.4 is 5.32 Å².